The predicted molar refractivity (Wildman–Crippen MR) is 87.0 cm³/mol. The zero-order valence-corrected chi connectivity index (χ0v) is 14.0. The highest BCUT2D eigenvalue weighted by Gasteiger charge is 2.45. The van der Waals surface area contributed by atoms with Crippen LogP contribution in [0.4, 0.5) is 0 Å². The Balaban J connectivity index is 2.52. The van der Waals surface area contributed by atoms with E-state index in [1.54, 1.807) is 7.11 Å². The highest BCUT2D eigenvalue weighted by Crippen LogP contribution is 2.46. The SMILES string of the molecule is COc1ccc(C)c(C2(CCO)CCN(C)C(C)[C@@H]2C)c1. The number of aliphatic hydroxyl groups is 1. The number of rotatable bonds is 4. The summed E-state index contributed by atoms with van der Waals surface area (Å²) < 4.78 is 5.43. The number of hydrogen-bond donors (Lipinski definition) is 1. The Kier molecular flexibility index (Phi) is 4.95. The van der Waals surface area contributed by atoms with Crippen LogP contribution in [-0.4, -0.2) is 43.4 Å². The average Bonchev–Trinajstić information content (AvgIpc) is 2.49. The fourth-order valence-electron chi connectivity index (χ4n) is 3.98. The summed E-state index contributed by atoms with van der Waals surface area (Å²) in [6.07, 6.45) is 1.91. The molecular formula is C18H29NO2. The van der Waals surface area contributed by atoms with Crippen LogP contribution in [0.2, 0.25) is 0 Å². The molecule has 1 fully saturated rings. The molecule has 0 radical (unpaired) electrons. The van der Waals surface area contributed by atoms with Gasteiger partial charge < -0.3 is 14.7 Å². The Bertz CT molecular complexity index is 488. The molecule has 0 spiro atoms. The molecule has 1 aliphatic heterocycles. The van der Waals surface area contributed by atoms with Gasteiger partial charge in [0.2, 0.25) is 0 Å². The van der Waals surface area contributed by atoms with Gasteiger partial charge >= 0.3 is 0 Å². The lowest BCUT2D eigenvalue weighted by Gasteiger charge is -2.50. The Morgan fingerprint density at radius 1 is 1.38 bits per heavy atom. The Morgan fingerprint density at radius 2 is 2.10 bits per heavy atom. The number of nitrogens with zero attached hydrogens (tertiary/aromatic N) is 1. The van der Waals surface area contributed by atoms with E-state index in [0.29, 0.717) is 12.0 Å². The first-order valence-electron chi connectivity index (χ1n) is 7.92. The summed E-state index contributed by atoms with van der Waals surface area (Å²) in [5, 5.41) is 9.69. The molecule has 118 valence electrons. The minimum Gasteiger partial charge on any atom is -0.497 e. The molecule has 1 aromatic rings. The first-order chi connectivity index (χ1) is 9.96. The number of ether oxygens (including phenoxy) is 1. The van der Waals surface area contributed by atoms with Crippen LogP contribution < -0.4 is 4.74 Å². The molecule has 1 saturated heterocycles. The third-order valence-corrected chi connectivity index (χ3v) is 5.74. The van der Waals surface area contributed by atoms with E-state index in [-0.39, 0.29) is 12.0 Å². The van der Waals surface area contributed by atoms with Gasteiger partial charge in [-0.2, -0.15) is 0 Å². The van der Waals surface area contributed by atoms with Gasteiger partial charge in [0.25, 0.3) is 0 Å². The van der Waals surface area contributed by atoms with Crippen molar-refractivity contribution in [1.82, 2.24) is 4.90 Å². The van der Waals surface area contributed by atoms with Crippen LogP contribution in [0, 0.1) is 12.8 Å². The zero-order chi connectivity index (χ0) is 15.6. The van der Waals surface area contributed by atoms with E-state index in [2.05, 4.69) is 44.9 Å². The number of benzene rings is 1. The fraction of sp³-hybridized carbons (Fsp3) is 0.667. The van der Waals surface area contributed by atoms with Crippen molar-refractivity contribution >= 4 is 0 Å². The van der Waals surface area contributed by atoms with Crippen LogP contribution in [0.1, 0.15) is 37.8 Å². The van der Waals surface area contributed by atoms with Gasteiger partial charge in [0.1, 0.15) is 5.75 Å². The molecular weight excluding hydrogens is 262 g/mol. The number of hydrogen-bond acceptors (Lipinski definition) is 3. The first-order valence-corrected chi connectivity index (χ1v) is 7.92. The average molecular weight is 291 g/mol. The zero-order valence-electron chi connectivity index (χ0n) is 14.0. The molecule has 1 N–H and O–H groups in total. The van der Waals surface area contributed by atoms with Crippen molar-refractivity contribution in [3.63, 3.8) is 0 Å². The molecule has 2 rings (SSSR count). The van der Waals surface area contributed by atoms with Gasteiger partial charge in [-0.25, -0.2) is 0 Å². The number of likely N-dealkylation sites (tertiary alicyclic amines) is 1. The molecule has 21 heavy (non-hydrogen) atoms. The summed E-state index contributed by atoms with van der Waals surface area (Å²) >= 11 is 0. The fourth-order valence-corrected chi connectivity index (χ4v) is 3.98. The molecule has 1 aromatic carbocycles. The van der Waals surface area contributed by atoms with E-state index >= 15 is 0 Å². The molecule has 3 nitrogen and oxygen atoms in total. The quantitative estimate of drug-likeness (QED) is 0.925. The van der Waals surface area contributed by atoms with Crippen LogP contribution in [0.5, 0.6) is 5.75 Å². The van der Waals surface area contributed by atoms with Crippen LogP contribution in [-0.2, 0) is 5.41 Å². The molecule has 2 unspecified atom stereocenters. The van der Waals surface area contributed by atoms with Gasteiger partial charge in [-0.05, 0) is 69.5 Å². The van der Waals surface area contributed by atoms with E-state index in [1.807, 2.05) is 6.07 Å². The lowest BCUT2D eigenvalue weighted by Crippen LogP contribution is -2.53. The monoisotopic (exact) mass is 291 g/mol. The third-order valence-electron chi connectivity index (χ3n) is 5.74. The van der Waals surface area contributed by atoms with E-state index in [0.717, 1.165) is 25.1 Å². The molecule has 0 saturated carbocycles. The summed E-state index contributed by atoms with van der Waals surface area (Å²) in [6, 6.07) is 6.85. The maximum Gasteiger partial charge on any atom is 0.119 e. The largest absolute Gasteiger partial charge is 0.497 e. The highest BCUT2D eigenvalue weighted by atomic mass is 16.5. The van der Waals surface area contributed by atoms with Crippen LogP contribution >= 0.6 is 0 Å². The van der Waals surface area contributed by atoms with Gasteiger partial charge in [0.15, 0.2) is 0 Å². The Labute approximate surface area is 128 Å². The van der Waals surface area contributed by atoms with Gasteiger partial charge in [-0.3, -0.25) is 0 Å². The molecule has 3 heteroatoms. The summed E-state index contributed by atoms with van der Waals surface area (Å²) in [4.78, 5) is 2.43. The van der Waals surface area contributed by atoms with Crippen molar-refractivity contribution < 1.29 is 9.84 Å². The molecule has 1 aliphatic rings. The minimum atomic E-state index is 0.0410. The molecule has 0 aliphatic carbocycles. The normalized spacial score (nSPS) is 30.4. The summed E-state index contributed by atoms with van der Waals surface area (Å²) in [7, 11) is 3.91. The molecule has 3 atom stereocenters. The highest BCUT2D eigenvalue weighted by molar-refractivity contribution is 5.41. The van der Waals surface area contributed by atoms with Crippen molar-refractivity contribution in [2.45, 2.75) is 45.1 Å². The number of piperidine rings is 1. The van der Waals surface area contributed by atoms with Crippen LogP contribution in [0.25, 0.3) is 0 Å². The van der Waals surface area contributed by atoms with Gasteiger partial charge in [0, 0.05) is 18.1 Å². The lowest BCUT2D eigenvalue weighted by atomic mass is 9.61. The summed E-state index contributed by atoms with van der Waals surface area (Å²) in [6.45, 7) is 8.10. The Morgan fingerprint density at radius 3 is 2.71 bits per heavy atom. The van der Waals surface area contributed by atoms with Crippen molar-refractivity contribution in [2.75, 3.05) is 27.3 Å². The van der Waals surface area contributed by atoms with Crippen molar-refractivity contribution in [3.05, 3.63) is 29.3 Å². The van der Waals surface area contributed by atoms with E-state index < -0.39 is 0 Å². The van der Waals surface area contributed by atoms with E-state index in [9.17, 15) is 5.11 Å². The smallest absolute Gasteiger partial charge is 0.119 e. The minimum absolute atomic E-state index is 0.0410. The molecule has 0 bridgehead atoms. The molecule has 1 heterocycles. The molecule has 0 amide bonds. The van der Waals surface area contributed by atoms with Gasteiger partial charge in [-0.1, -0.05) is 13.0 Å². The van der Waals surface area contributed by atoms with Gasteiger partial charge in [-0.15, -0.1) is 0 Å². The molecule has 0 aromatic heterocycles. The second-order valence-electron chi connectivity index (χ2n) is 6.57. The van der Waals surface area contributed by atoms with Gasteiger partial charge in [0.05, 0.1) is 7.11 Å². The second-order valence-corrected chi connectivity index (χ2v) is 6.57. The Hall–Kier alpha value is -1.06. The number of aliphatic hydroxyl groups excluding tert-OH is 1. The summed E-state index contributed by atoms with van der Waals surface area (Å²) in [5.74, 6) is 1.40. The van der Waals surface area contributed by atoms with E-state index in [1.165, 1.54) is 11.1 Å². The van der Waals surface area contributed by atoms with Crippen LogP contribution in [0.15, 0.2) is 18.2 Å². The van der Waals surface area contributed by atoms with Crippen LogP contribution in [0.3, 0.4) is 0 Å². The maximum absolute atomic E-state index is 9.69. The third kappa shape index (κ3) is 2.82. The van der Waals surface area contributed by atoms with Crippen molar-refractivity contribution in [2.24, 2.45) is 5.92 Å². The van der Waals surface area contributed by atoms with Crippen molar-refractivity contribution in [1.29, 1.82) is 0 Å². The van der Waals surface area contributed by atoms with E-state index in [4.69, 9.17) is 4.74 Å². The number of methoxy groups -OCH3 is 1. The predicted octanol–water partition coefficient (Wildman–Crippen LogP) is 2.98. The first kappa shape index (κ1) is 16.3. The summed E-state index contributed by atoms with van der Waals surface area (Å²) in [5.41, 5.74) is 2.69. The standard InChI is InChI=1S/C18H29NO2/c1-13-6-7-16(21-5)12-17(13)18(9-11-20)8-10-19(4)15(3)14(18)2/h6-7,12,14-15,20H,8-11H2,1-5H3/t14-,15?,18?/m0/s1. The second kappa shape index (κ2) is 6.37. The number of aryl methyl sites for hydroxylation is 1. The maximum atomic E-state index is 9.69. The lowest BCUT2D eigenvalue weighted by molar-refractivity contribution is 0.0469. The van der Waals surface area contributed by atoms with Crippen molar-refractivity contribution in [3.8, 4) is 5.75 Å². The topological polar surface area (TPSA) is 32.7 Å².